The van der Waals surface area contributed by atoms with Crippen molar-refractivity contribution < 1.29 is 4.43 Å². The van der Waals surface area contributed by atoms with Gasteiger partial charge >= 0.3 is 0 Å². The lowest BCUT2D eigenvalue weighted by Gasteiger charge is -2.43. The molecule has 152 valence electrons. The first-order chi connectivity index (χ1) is 13.9. The van der Waals surface area contributed by atoms with Crippen LogP contribution in [-0.4, -0.2) is 14.9 Å². The lowest BCUT2D eigenvalue weighted by molar-refractivity contribution is 0.288. The van der Waals surface area contributed by atoms with E-state index in [0.717, 1.165) is 12.8 Å². The molecule has 3 aromatic carbocycles. The molecule has 0 N–H and O–H groups in total. The Labute approximate surface area is 181 Å². The van der Waals surface area contributed by atoms with Crippen LogP contribution in [0.3, 0.4) is 0 Å². The molecule has 1 unspecified atom stereocenters. The highest BCUT2D eigenvalue weighted by molar-refractivity contribution is 6.99. The molecular weight excluding hydrogens is 392 g/mol. The van der Waals surface area contributed by atoms with Crippen molar-refractivity contribution >= 4 is 30.3 Å². The molecule has 0 saturated carbocycles. The topological polar surface area (TPSA) is 9.23 Å². The summed E-state index contributed by atoms with van der Waals surface area (Å²) in [6, 6.07) is 31.9. The van der Waals surface area contributed by atoms with Crippen molar-refractivity contribution in [2.75, 3.05) is 6.61 Å². The van der Waals surface area contributed by atoms with Crippen molar-refractivity contribution in [2.45, 2.75) is 44.0 Å². The molecule has 0 heterocycles. The van der Waals surface area contributed by atoms with E-state index < -0.39 is 8.32 Å². The zero-order valence-electron chi connectivity index (χ0n) is 17.6. The van der Waals surface area contributed by atoms with Crippen LogP contribution in [0.15, 0.2) is 91.0 Å². The fourth-order valence-corrected chi connectivity index (χ4v) is 8.98. The van der Waals surface area contributed by atoms with Gasteiger partial charge < -0.3 is 4.43 Å². The Balaban J connectivity index is 1.82. The second kappa shape index (κ2) is 9.75. The largest absolute Gasteiger partial charge is 0.407 e. The summed E-state index contributed by atoms with van der Waals surface area (Å²) in [5, 5.41) is 2.68. The molecule has 0 saturated heterocycles. The summed E-state index contributed by atoms with van der Waals surface area (Å²) in [6.07, 6.45) is 1.84. The van der Waals surface area contributed by atoms with Crippen molar-refractivity contribution in [1.82, 2.24) is 0 Å². The highest BCUT2D eigenvalue weighted by Crippen LogP contribution is 2.37. The number of halogens is 1. The van der Waals surface area contributed by atoms with Crippen molar-refractivity contribution in [3.8, 4) is 0 Å². The van der Waals surface area contributed by atoms with Crippen LogP contribution in [0.2, 0.25) is 5.04 Å². The molecule has 0 aliphatic heterocycles. The summed E-state index contributed by atoms with van der Waals surface area (Å²) >= 11 is 6.64. The van der Waals surface area contributed by atoms with E-state index >= 15 is 0 Å². The van der Waals surface area contributed by atoms with E-state index in [1.807, 2.05) is 18.2 Å². The van der Waals surface area contributed by atoms with Gasteiger partial charge in [-0.25, -0.2) is 0 Å². The van der Waals surface area contributed by atoms with E-state index in [1.165, 1.54) is 15.9 Å². The third-order valence-corrected chi connectivity index (χ3v) is 11.0. The Kier molecular flexibility index (Phi) is 7.34. The minimum atomic E-state index is -2.44. The molecule has 3 heteroatoms. The Morgan fingerprint density at radius 3 is 1.66 bits per heavy atom. The number of alkyl halides is 1. The minimum Gasteiger partial charge on any atom is -0.407 e. The van der Waals surface area contributed by atoms with Crippen molar-refractivity contribution in [2.24, 2.45) is 0 Å². The Morgan fingerprint density at radius 2 is 1.21 bits per heavy atom. The molecule has 0 aliphatic rings. The molecule has 0 spiro atoms. The van der Waals surface area contributed by atoms with Crippen LogP contribution >= 0.6 is 11.6 Å². The molecule has 0 aliphatic carbocycles. The fraction of sp³-hybridized carbons (Fsp3) is 0.308. The van der Waals surface area contributed by atoms with Crippen LogP contribution in [0.1, 0.15) is 44.6 Å². The second-order valence-corrected chi connectivity index (χ2v) is 13.4. The molecule has 29 heavy (non-hydrogen) atoms. The van der Waals surface area contributed by atoms with Crippen molar-refractivity contribution in [3.63, 3.8) is 0 Å². The van der Waals surface area contributed by atoms with Crippen LogP contribution < -0.4 is 10.4 Å². The highest BCUT2D eigenvalue weighted by Gasteiger charge is 2.49. The van der Waals surface area contributed by atoms with Gasteiger partial charge in [0, 0.05) is 6.61 Å². The molecule has 0 fully saturated rings. The maximum atomic E-state index is 6.93. The van der Waals surface area contributed by atoms with E-state index in [4.69, 9.17) is 16.0 Å². The van der Waals surface area contributed by atoms with E-state index in [-0.39, 0.29) is 10.4 Å². The van der Waals surface area contributed by atoms with Crippen molar-refractivity contribution in [1.29, 1.82) is 0 Å². The smallest absolute Gasteiger partial charge is 0.261 e. The molecule has 3 aromatic rings. The van der Waals surface area contributed by atoms with E-state index in [2.05, 4.69) is 93.6 Å². The Hall–Kier alpha value is -1.87. The zero-order valence-corrected chi connectivity index (χ0v) is 19.4. The summed E-state index contributed by atoms with van der Waals surface area (Å²) in [7, 11) is -2.44. The molecule has 3 rings (SSSR count). The molecule has 0 aromatic heterocycles. The van der Waals surface area contributed by atoms with E-state index in [9.17, 15) is 0 Å². The molecular formula is C26H31ClOSi. The first-order valence-corrected chi connectivity index (χ1v) is 12.7. The third kappa shape index (κ3) is 5.00. The number of hydrogen-bond donors (Lipinski definition) is 0. The van der Waals surface area contributed by atoms with Crippen LogP contribution in [0, 0.1) is 0 Å². The maximum Gasteiger partial charge on any atom is 0.261 e. The first-order valence-electron chi connectivity index (χ1n) is 10.4. The molecule has 0 radical (unpaired) electrons. The monoisotopic (exact) mass is 422 g/mol. The summed E-state index contributed by atoms with van der Waals surface area (Å²) in [6.45, 7) is 7.65. The average Bonchev–Trinajstić information content (AvgIpc) is 2.74. The lowest BCUT2D eigenvalue weighted by Crippen LogP contribution is -2.66. The van der Waals surface area contributed by atoms with Gasteiger partial charge in [0.15, 0.2) is 0 Å². The molecule has 0 amide bonds. The second-order valence-electron chi connectivity index (χ2n) is 8.53. The van der Waals surface area contributed by atoms with Crippen LogP contribution in [0.4, 0.5) is 0 Å². The average molecular weight is 423 g/mol. The van der Waals surface area contributed by atoms with Gasteiger partial charge in [0.1, 0.15) is 0 Å². The maximum absolute atomic E-state index is 6.93. The fourth-order valence-electron chi connectivity index (χ4n) is 4.08. The summed E-state index contributed by atoms with van der Waals surface area (Å²) in [5.41, 5.74) is 1.18. The third-order valence-electron chi connectivity index (χ3n) is 5.50. The van der Waals surface area contributed by atoms with Gasteiger partial charge in [-0.15, -0.1) is 11.6 Å². The van der Waals surface area contributed by atoms with E-state index in [0.29, 0.717) is 6.61 Å². The van der Waals surface area contributed by atoms with Gasteiger partial charge in [0.25, 0.3) is 8.32 Å². The normalized spacial score (nSPS) is 13.2. The van der Waals surface area contributed by atoms with Gasteiger partial charge in [-0.2, -0.15) is 0 Å². The molecule has 1 nitrogen and oxygen atoms in total. The molecule has 1 atom stereocenters. The lowest BCUT2D eigenvalue weighted by atomic mass is 10.1. The SMILES string of the molecule is CC(C)(C)[Si](OCCCC(Cl)c1ccccc1)(c1ccccc1)c1ccccc1. The Bertz CT molecular complexity index is 820. The predicted molar refractivity (Wildman–Crippen MR) is 128 cm³/mol. The van der Waals surface area contributed by atoms with Gasteiger partial charge in [-0.1, -0.05) is 112 Å². The quantitative estimate of drug-likeness (QED) is 0.234. The van der Waals surface area contributed by atoms with Crippen LogP contribution in [0.25, 0.3) is 0 Å². The zero-order chi connectivity index (χ0) is 20.7. The minimum absolute atomic E-state index is 0.00943. The van der Waals surface area contributed by atoms with Crippen LogP contribution in [0.5, 0.6) is 0 Å². The number of rotatable bonds is 8. The summed E-state index contributed by atoms with van der Waals surface area (Å²) in [5.74, 6) is 0. The summed E-state index contributed by atoms with van der Waals surface area (Å²) < 4.78 is 6.93. The number of benzene rings is 3. The number of hydrogen-bond acceptors (Lipinski definition) is 1. The van der Waals surface area contributed by atoms with E-state index in [1.54, 1.807) is 0 Å². The van der Waals surface area contributed by atoms with Crippen LogP contribution in [-0.2, 0) is 4.43 Å². The first kappa shape index (κ1) is 21.8. The summed E-state index contributed by atoms with van der Waals surface area (Å²) in [4.78, 5) is 0. The highest BCUT2D eigenvalue weighted by atomic mass is 35.5. The van der Waals surface area contributed by atoms with Gasteiger partial charge in [-0.05, 0) is 33.8 Å². The Morgan fingerprint density at radius 1 is 0.759 bits per heavy atom. The predicted octanol–water partition coefficient (Wildman–Crippen LogP) is 6.32. The van der Waals surface area contributed by atoms with Gasteiger partial charge in [-0.3, -0.25) is 0 Å². The molecule has 0 bridgehead atoms. The van der Waals surface area contributed by atoms with Crippen molar-refractivity contribution in [3.05, 3.63) is 96.6 Å². The van der Waals surface area contributed by atoms with Gasteiger partial charge in [0.05, 0.1) is 5.38 Å². The van der Waals surface area contributed by atoms with Gasteiger partial charge in [0.2, 0.25) is 0 Å². The standard InChI is InChI=1S/C26H31ClOSi/c1-26(2,3)29(23-16-9-5-10-17-23,24-18-11-6-12-19-24)28-21-13-20-25(27)22-14-7-4-8-15-22/h4-12,14-19,25H,13,20-21H2,1-3H3.